The summed E-state index contributed by atoms with van der Waals surface area (Å²) in [5.74, 6) is 0.769. The van der Waals surface area contributed by atoms with Crippen molar-refractivity contribution in [2.45, 2.75) is 0 Å². The zero-order chi connectivity index (χ0) is 11.5. The van der Waals surface area contributed by atoms with Crippen molar-refractivity contribution in [1.29, 1.82) is 0 Å². The molecule has 0 bridgehead atoms. The van der Waals surface area contributed by atoms with Gasteiger partial charge in [-0.25, -0.2) is 4.98 Å². The summed E-state index contributed by atoms with van der Waals surface area (Å²) in [5.41, 5.74) is 0.920. The van der Waals surface area contributed by atoms with E-state index in [2.05, 4.69) is 42.2 Å². The Balaban J connectivity index is 2.31. The highest BCUT2D eigenvalue weighted by molar-refractivity contribution is 9.11. The molecule has 0 fully saturated rings. The first-order valence-electron chi connectivity index (χ1n) is 4.49. The van der Waals surface area contributed by atoms with E-state index in [0.717, 1.165) is 20.5 Å². The molecule has 0 aliphatic carbocycles. The maximum absolute atomic E-state index is 5.87. The fraction of sp³-hybridized carbons (Fsp3) is 0. The van der Waals surface area contributed by atoms with Crippen LogP contribution >= 0.6 is 43.5 Å². The van der Waals surface area contributed by atoms with Crippen LogP contribution in [0.25, 0.3) is 0 Å². The SMILES string of the molecule is Clc1ccc(Nc2ncccc2Br)c(Br)c1. The van der Waals surface area contributed by atoms with Crippen LogP contribution in [0.3, 0.4) is 0 Å². The van der Waals surface area contributed by atoms with E-state index in [4.69, 9.17) is 11.6 Å². The fourth-order valence-electron chi connectivity index (χ4n) is 1.20. The summed E-state index contributed by atoms with van der Waals surface area (Å²) in [5, 5.41) is 3.90. The topological polar surface area (TPSA) is 24.9 Å². The highest BCUT2D eigenvalue weighted by atomic mass is 79.9. The van der Waals surface area contributed by atoms with E-state index in [-0.39, 0.29) is 0 Å². The second-order valence-electron chi connectivity index (χ2n) is 3.08. The van der Waals surface area contributed by atoms with Gasteiger partial charge in [-0.3, -0.25) is 0 Å². The molecule has 2 aromatic rings. The Morgan fingerprint density at radius 1 is 1.12 bits per heavy atom. The molecule has 82 valence electrons. The molecular formula is C11H7Br2ClN2. The Morgan fingerprint density at radius 3 is 2.62 bits per heavy atom. The van der Waals surface area contributed by atoms with Crippen molar-refractivity contribution in [3.05, 3.63) is 50.5 Å². The van der Waals surface area contributed by atoms with Crippen molar-refractivity contribution in [1.82, 2.24) is 4.98 Å². The molecule has 2 rings (SSSR count). The largest absolute Gasteiger partial charge is 0.338 e. The molecule has 0 amide bonds. The van der Waals surface area contributed by atoms with Crippen molar-refractivity contribution in [3.63, 3.8) is 0 Å². The number of benzene rings is 1. The van der Waals surface area contributed by atoms with Gasteiger partial charge < -0.3 is 5.32 Å². The van der Waals surface area contributed by atoms with Crippen molar-refractivity contribution in [3.8, 4) is 0 Å². The third-order valence-corrected chi connectivity index (χ3v) is 3.47. The van der Waals surface area contributed by atoms with E-state index < -0.39 is 0 Å². The Labute approximate surface area is 115 Å². The molecule has 1 heterocycles. The Bertz CT molecular complexity index is 517. The van der Waals surface area contributed by atoms with E-state index in [1.165, 1.54) is 0 Å². The van der Waals surface area contributed by atoms with E-state index in [1.54, 1.807) is 6.20 Å². The first-order valence-corrected chi connectivity index (χ1v) is 6.46. The number of nitrogens with zero attached hydrogens (tertiary/aromatic N) is 1. The molecule has 1 aromatic heterocycles. The zero-order valence-electron chi connectivity index (χ0n) is 8.05. The van der Waals surface area contributed by atoms with Crippen LogP contribution in [0.2, 0.25) is 5.02 Å². The first kappa shape index (κ1) is 11.9. The number of nitrogens with one attached hydrogen (secondary N) is 1. The molecule has 0 aliphatic rings. The van der Waals surface area contributed by atoms with Crippen LogP contribution in [-0.4, -0.2) is 4.98 Å². The minimum Gasteiger partial charge on any atom is -0.338 e. The van der Waals surface area contributed by atoms with E-state index in [1.807, 2.05) is 30.3 Å². The molecule has 16 heavy (non-hydrogen) atoms. The predicted molar refractivity (Wildman–Crippen MR) is 74.4 cm³/mol. The second kappa shape index (κ2) is 5.17. The van der Waals surface area contributed by atoms with Gasteiger partial charge in [0.05, 0.1) is 10.2 Å². The van der Waals surface area contributed by atoms with E-state index in [9.17, 15) is 0 Å². The summed E-state index contributed by atoms with van der Waals surface area (Å²) < 4.78 is 1.81. The lowest BCUT2D eigenvalue weighted by molar-refractivity contribution is 1.29. The predicted octanol–water partition coefficient (Wildman–Crippen LogP) is 5.00. The summed E-state index contributed by atoms with van der Waals surface area (Å²) in [7, 11) is 0. The lowest BCUT2D eigenvalue weighted by atomic mass is 10.3. The van der Waals surface area contributed by atoms with Crippen LogP contribution in [-0.2, 0) is 0 Å². The van der Waals surface area contributed by atoms with Gasteiger partial charge in [0.1, 0.15) is 5.82 Å². The summed E-state index contributed by atoms with van der Waals surface area (Å²) >= 11 is 12.7. The van der Waals surface area contributed by atoms with Gasteiger partial charge in [0.25, 0.3) is 0 Å². The third kappa shape index (κ3) is 2.75. The lowest BCUT2D eigenvalue weighted by Gasteiger charge is -2.09. The maximum atomic E-state index is 5.87. The molecule has 0 aliphatic heterocycles. The third-order valence-electron chi connectivity index (χ3n) is 1.94. The highest BCUT2D eigenvalue weighted by Gasteiger charge is 2.04. The van der Waals surface area contributed by atoms with Crippen molar-refractivity contribution in [2.75, 3.05) is 5.32 Å². The number of halogens is 3. The summed E-state index contributed by atoms with van der Waals surface area (Å²) in [6.45, 7) is 0. The van der Waals surface area contributed by atoms with Gasteiger partial charge in [-0.05, 0) is 62.2 Å². The molecule has 0 saturated carbocycles. The molecule has 1 aromatic carbocycles. The van der Waals surface area contributed by atoms with Crippen LogP contribution in [0.15, 0.2) is 45.5 Å². The second-order valence-corrected chi connectivity index (χ2v) is 5.23. The number of anilines is 2. The van der Waals surface area contributed by atoms with Crippen molar-refractivity contribution in [2.24, 2.45) is 0 Å². The minimum atomic E-state index is 0.692. The molecule has 0 atom stereocenters. The van der Waals surface area contributed by atoms with Crippen LogP contribution in [0.1, 0.15) is 0 Å². The summed E-state index contributed by atoms with van der Waals surface area (Å²) in [6.07, 6.45) is 1.73. The van der Waals surface area contributed by atoms with Gasteiger partial charge in [-0.2, -0.15) is 0 Å². The number of aromatic nitrogens is 1. The highest BCUT2D eigenvalue weighted by Crippen LogP contribution is 2.30. The Morgan fingerprint density at radius 2 is 1.94 bits per heavy atom. The van der Waals surface area contributed by atoms with Crippen molar-refractivity contribution >= 4 is 55.0 Å². The van der Waals surface area contributed by atoms with E-state index >= 15 is 0 Å². The quantitative estimate of drug-likeness (QED) is 0.813. The summed E-state index contributed by atoms with van der Waals surface area (Å²) in [6, 6.07) is 9.35. The van der Waals surface area contributed by atoms with Crippen LogP contribution in [0.4, 0.5) is 11.5 Å². The number of pyridine rings is 1. The van der Waals surface area contributed by atoms with Crippen LogP contribution < -0.4 is 5.32 Å². The number of hydrogen-bond acceptors (Lipinski definition) is 2. The summed E-state index contributed by atoms with van der Waals surface area (Å²) in [4.78, 5) is 4.23. The minimum absolute atomic E-state index is 0.692. The fourth-order valence-corrected chi connectivity index (χ4v) is 2.33. The zero-order valence-corrected chi connectivity index (χ0v) is 12.0. The van der Waals surface area contributed by atoms with Gasteiger partial charge >= 0.3 is 0 Å². The molecule has 0 spiro atoms. The Hall–Kier alpha value is -0.580. The average Bonchev–Trinajstić information content (AvgIpc) is 2.25. The molecule has 2 nitrogen and oxygen atoms in total. The molecule has 0 unspecified atom stereocenters. The molecule has 1 N–H and O–H groups in total. The smallest absolute Gasteiger partial charge is 0.144 e. The molecule has 0 radical (unpaired) electrons. The standard InChI is InChI=1S/C11H7Br2ClN2/c12-8-2-1-5-15-11(8)16-10-4-3-7(14)6-9(10)13/h1-6H,(H,15,16). The van der Waals surface area contributed by atoms with Crippen LogP contribution in [0.5, 0.6) is 0 Å². The van der Waals surface area contributed by atoms with E-state index in [0.29, 0.717) is 5.02 Å². The monoisotopic (exact) mass is 360 g/mol. The Kier molecular flexibility index (Phi) is 3.84. The van der Waals surface area contributed by atoms with Gasteiger partial charge in [0, 0.05) is 15.7 Å². The number of hydrogen-bond donors (Lipinski definition) is 1. The lowest BCUT2D eigenvalue weighted by Crippen LogP contribution is -1.94. The molecule has 5 heteroatoms. The van der Waals surface area contributed by atoms with Gasteiger partial charge in [-0.1, -0.05) is 11.6 Å². The van der Waals surface area contributed by atoms with Gasteiger partial charge in [0.15, 0.2) is 0 Å². The van der Waals surface area contributed by atoms with Gasteiger partial charge in [-0.15, -0.1) is 0 Å². The van der Waals surface area contributed by atoms with Crippen LogP contribution in [0, 0.1) is 0 Å². The number of rotatable bonds is 2. The van der Waals surface area contributed by atoms with Crippen molar-refractivity contribution < 1.29 is 0 Å². The normalized spacial score (nSPS) is 10.2. The van der Waals surface area contributed by atoms with Gasteiger partial charge in [0.2, 0.25) is 0 Å². The molecule has 0 saturated heterocycles. The average molecular weight is 362 g/mol. The maximum Gasteiger partial charge on any atom is 0.144 e. The first-order chi connectivity index (χ1) is 7.66. The molecular weight excluding hydrogens is 355 g/mol.